The van der Waals surface area contributed by atoms with Gasteiger partial charge in [-0.15, -0.1) is 0 Å². The molecule has 4 rings (SSSR count). The molecule has 24 heavy (non-hydrogen) atoms. The molecule has 1 saturated heterocycles. The fourth-order valence-corrected chi connectivity index (χ4v) is 2.78. The average Bonchev–Trinajstić information content (AvgIpc) is 3.31. The van der Waals surface area contributed by atoms with Gasteiger partial charge in [0.25, 0.3) is 5.91 Å². The number of rotatable bonds is 4. The number of nitrogens with one attached hydrogen (secondary N) is 2. The topological polar surface area (TPSA) is 115 Å². The van der Waals surface area contributed by atoms with E-state index < -0.39 is 0 Å². The van der Waals surface area contributed by atoms with Crippen LogP contribution in [-0.4, -0.2) is 51.3 Å². The van der Waals surface area contributed by atoms with E-state index in [1.54, 1.807) is 17.3 Å². The minimum atomic E-state index is -0.353. The third kappa shape index (κ3) is 2.58. The van der Waals surface area contributed by atoms with Gasteiger partial charge >= 0.3 is 0 Å². The number of nitrogens with zero attached hydrogens (tertiary/aromatic N) is 4. The van der Waals surface area contributed by atoms with Gasteiger partial charge in [0.1, 0.15) is 5.52 Å². The summed E-state index contributed by atoms with van der Waals surface area (Å²) >= 11 is 0. The highest BCUT2D eigenvalue weighted by molar-refractivity contribution is 6.05. The Labute approximate surface area is 137 Å². The number of nitriles is 1. The Morgan fingerprint density at radius 1 is 1.42 bits per heavy atom. The third-order valence-corrected chi connectivity index (χ3v) is 4.46. The zero-order valence-electron chi connectivity index (χ0n) is 13.0. The van der Waals surface area contributed by atoms with Gasteiger partial charge in [-0.25, -0.2) is 9.97 Å². The summed E-state index contributed by atoms with van der Waals surface area (Å²) in [5.41, 5.74) is 2.41. The first-order chi connectivity index (χ1) is 11.7. The Balaban J connectivity index is 1.43. The van der Waals surface area contributed by atoms with Crippen molar-refractivity contribution in [3.8, 4) is 6.07 Å². The van der Waals surface area contributed by atoms with E-state index in [9.17, 15) is 9.59 Å². The summed E-state index contributed by atoms with van der Waals surface area (Å²) in [6.45, 7) is 0.794. The SMILES string of the molecule is N#CC1CN(C(=O)CNC(=O)c2c[nH]c3ncc(C4CC4)nc23)C1. The van der Waals surface area contributed by atoms with Gasteiger partial charge < -0.3 is 15.2 Å². The standard InChI is InChI=1S/C16H16N6O2/c17-3-9-7-22(8-9)13(23)6-20-16(24)11-4-18-15-14(11)21-12(5-19-15)10-1-2-10/h4-5,9-10H,1-2,6-8H2,(H,18,19)(H,20,24). The molecule has 8 nitrogen and oxygen atoms in total. The lowest BCUT2D eigenvalue weighted by atomic mass is 10.0. The fourth-order valence-electron chi connectivity index (χ4n) is 2.78. The van der Waals surface area contributed by atoms with Crippen LogP contribution in [0.15, 0.2) is 12.4 Å². The number of hydrogen-bond acceptors (Lipinski definition) is 5. The molecule has 0 radical (unpaired) electrons. The summed E-state index contributed by atoms with van der Waals surface area (Å²) in [5.74, 6) is -0.170. The molecular formula is C16H16N6O2. The van der Waals surface area contributed by atoms with Gasteiger partial charge in [-0.2, -0.15) is 5.26 Å². The van der Waals surface area contributed by atoms with Gasteiger partial charge in [0.2, 0.25) is 5.91 Å². The number of carbonyl (C=O) groups is 2. The second kappa shape index (κ2) is 5.60. The zero-order chi connectivity index (χ0) is 16.7. The lowest BCUT2D eigenvalue weighted by Crippen LogP contribution is -2.52. The van der Waals surface area contributed by atoms with Crippen molar-refractivity contribution in [3.05, 3.63) is 23.7 Å². The van der Waals surface area contributed by atoms with E-state index >= 15 is 0 Å². The molecule has 3 heterocycles. The van der Waals surface area contributed by atoms with Crippen molar-refractivity contribution in [2.45, 2.75) is 18.8 Å². The lowest BCUT2D eigenvalue weighted by molar-refractivity contribution is -0.135. The fraction of sp³-hybridized carbons (Fsp3) is 0.438. The van der Waals surface area contributed by atoms with E-state index in [1.165, 1.54) is 0 Å². The monoisotopic (exact) mass is 324 g/mol. The Kier molecular flexibility index (Phi) is 3.41. The Hall–Kier alpha value is -2.95. The summed E-state index contributed by atoms with van der Waals surface area (Å²) in [6, 6.07) is 2.11. The third-order valence-electron chi connectivity index (χ3n) is 4.46. The van der Waals surface area contributed by atoms with E-state index in [-0.39, 0.29) is 24.3 Å². The van der Waals surface area contributed by atoms with Crippen LogP contribution in [0.4, 0.5) is 0 Å². The Morgan fingerprint density at radius 2 is 2.21 bits per heavy atom. The molecule has 2 amide bonds. The van der Waals surface area contributed by atoms with Crippen molar-refractivity contribution in [1.29, 1.82) is 5.26 Å². The van der Waals surface area contributed by atoms with E-state index in [2.05, 4.69) is 26.3 Å². The van der Waals surface area contributed by atoms with Crippen LogP contribution in [0.1, 0.15) is 34.8 Å². The van der Waals surface area contributed by atoms with E-state index in [0.717, 1.165) is 18.5 Å². The molecule has 0 spiro atoms. The minimum Gasteiger partial charge on any atom is -0.344 e. The first kappa shape index (κ1) is 14.6. The first-order valence-corrected chi connectivity index (χ1v) is 7.95. The van der Waals surface area contributed by atoms with Crippen LogP contribution in [0.3, 0.4) is 0 Å². The maximum absolute atomic E-state index is 12.3. The summed E-state index contributed by atoms with van der Waals surface area (Å²) in [7, 11) is 0. The number of aromatic nitrogens is 3. The molecule has 0 bridgehead atoms. The predicted molar refractivity (Wildman–Crippen MR) is 83.9 cm³/mol. The normalized spacial score (nSPS) is 17.4. The van der Waals surface area contributed by atoms with Crippen LogP contribution in [0.5, 0.6) is 0 Å². The second-order valence-corrected chi connectivity index (χ2v) is 6.28. The van der Waals surface area contributed by atoms with Crippen molar-refractivity contribution in [3.63, 3.8) is 0 Å². The maximum Gasteiger partial charge on any atom is 0.255 e. The van der Waals surface area contributed by atoms with Gasteiger partial charge in [-0.1, -0.05) is 0 Å². The molecule has 2 aromatic rings. The van der Waals surface area contributed by atoms with E-state index in [1.807, 2.05) is 0 Å². The molecule has 2 fully saturated rings. The van der Waals surface area contributed by atoms with Crippen molar-refractivity contribution in [1.82, 2.24) is 25.2 Å². The molecule has 1 aliphatic heterocycles. The molecule has 0 unspecified atom stereocenters. The van der Waals surface area contributed by atoms with Gasteiger partial charge in [0.15, 0.2) is 5.65 Å². The molecule has 8 heteroatoms. The summed E-state index contributed by atoms with van der Waals surface area (Å²) < 4.78 is 0. The maximum atomic E-state index is 12.3. The first-order valence-electron chi connectivity index (χ1n) is 7.95. The van der Waals surface area contributed by atoms with Crippen molar-refractivity contribution in [2.75, 3.05) is 19.6 Å². The van der Waals surface area contributed by atoms with E-state index in [0.29, 0.717) is 35.7 Å². The van der Waals surface area contributed by atoms with Gasteiger partial charge in [0, 0.05) is 25.2 Å². The molecule has 0 aromatic carbocycles. The summed E-state index contributed by atoms with van der Waals surface area (Å²) in [5, 5.41) is 11.3. The molecule has 0 atom stereocenters. The quantitative estimate of drug-likeness (QED) is 0.852. The number of aromatic amines is 1. The van der Waals surface area contributed by atoms with Crippen LogP contribution in [0, 0.1) is 17.2 Å². The van der Waals surface area contributed by atoms with Gasteiger partial charge in [-0.05, 0) is 12.8 Å². The van der Waals surface area contributed by atoms with Crippen LogP contribution < -0.4 is 5.32 Å². The number of likely N-dealkylation sites (tertiary alicyclic amines) is 1. The largest absolute Gasteiger partial charge is 0.344 e. The molecule has 2 aliphatic rings. The van der Waals surface area contributed by atoms with Crippen LogP contribution in [-0.2, 0) is 4.79 Å². The van der Waals surface area contributed by atoms with Crippen LogP contribution in [0.25, 0.3) is 11.2 Å². The van der Waals surface area contributed by atoms with Crippen molar-refractivity contribution in [2.24, 2.45) is 5.92 Å². The smallest absolute Gasteiger partial charge is 0.255 e. The highest BCUT2D eigenvalue weighted by Crippen LogP contribution is 2.39. The molecular weight excluding hydrogens is 308 g/mol. The summed E-state index contributed by atoms with van der Waals surface area (Å²) in [4.78, 5) is 37.6. The molecule has 122 valence electrons. The predicted octanol–water partition coefficient (Wildman–Crippen LogP) is 0.547. The molecule has 2 aromatic heterocycles. The Bertz CT molecular complexity index is 857. The number of carbonyl (C=O) groups excluding carboxylic acids is 2. The summed E-state index contributed by atoms with van der Waals surface area (Å²) in [6.07, 6.45) is 5.54. The van der Waals surface area contributed by atoms with Gasteiger partial charge in [-0.3, -0.25) is 9.59 Å². The van der Waals surface area contributed by atoms with Crippen molar-refractivity contribution >= 4 is 23.0 Å². The number of amides is 2. The average molecular weight is 324 g/mol. The highest BCUT2D eigenvalue weighted by Gasteiger charge is 2.30. The Morgan fingerprint density at radius 3 is 2.92 bits per heavy atom. The van der Waals surface area contributed by atoms with Crippen molar-refractivity contribution < 1.29 is 9.59 Å². The molecule has 1 saturated carbocycles. The zero-order valence-corrected chi connectivity index (χ0v) is 13.0. The highest BCUT2D eigenvalue weighted by atomic mass is 16.2. The minimum absolute atomic E-state index is 0.0839. The second-order valence-electron chi connectivity index (χ2n) is 6.28. The number of fused-ring (bicyclic) bond motifs is 1. The molecule has 1 aliphatic carbocycles. The molecule has 2 N–H and O–H groups in total. The van der Waals surface area contributed by atoms with Crippen LogP contribution in [0.2, 0.25) is 0 Å². The number of H-pyrrole nitrogens is 1. The van der Waals surface area contributed by atoms with E-state index in [4.69, 9.17) is 5.26 Å². The van der Waals surface area contributed by atoms with Crippen LogP contribution >= 0.6 is 0 Å². The lowest BCUT2D eigenvalue weighted by Gasteiger charge is -2.35. The van der Waals surface area contributed by atoms with Gasteiger partial charge in [0.05, 0.1) is 36.0 Å². The number of hydrogen-bond donors (Lipinski definition) is 2.